The van der Waals surface area contributed by atoms with Gasteiger partial charge in [0.15, 0.2) is 5.11 Å². The zero-order valence-corrected chi connectivity index (χ0v) is 10.4. The first-order valence-corrected chi connectivity index (χ1v) is 6.03. The molecule has 82 valence electrons. The minimum Gasteiger partial charge on any atom is -0.376 e. The standard InChI is InChI=1S/C11H11N3S2/c1-7-6-16-10(13-7)8-3-2-4-9(5-8)14-11(12)15/h2-6H,1H3,(H3,12,14,15). The molecule has 0 saturated heterocycles. The molecule has 0 radical (unpaired) electrons. The number of benzene rings is 1. The van der Waals surface area contributed by atoms with Crippen LogP contribution in [0.5, 0.6) is 0 Å². The average molecular weight is 249 g/mol. The molecular weight excluding hydrogens is 238 g/mol. The molecule has 0 amide bonds. The molecule has 0 saturated carbocycles. The topological polar surface area (TPSA) is 50.9 Å². The summed E-state index contributed by atoms with van der Waals surface area (Å²) in [7, 11) is 0. The Labute approximate surface area is 103 Å². The molecule has 0 aliphatic rings. The molecule has 1 aromatic heterocycles. The van der Waals surface area contributed by atoms with Gasteiger partial charge in [-0.1, -0.05) is 12.1 Å². The summed E-state index contributed by atoms with van der Waals surface area (Å²) in [6, 6.07) is 7.87. The third-order valence-electron chi connectivity index (χ3n) is 2.00. The fraction of sp³-hybridized carbons (Fsp3) is 0.0909. The second-order valence-corrected chi connectivity index (χ2v) is 4.66. The van der Waals surface area contributed by atoms with Crippen molar-refractivity contribution in [3.63, 3.8) is 0 Å². The lowest BCUT2D eigenvalue weighted by atomic mass is 10.2. The normalized spacial score (nSPS) is 10.1. The largest absolute Gasteiger partial charge is 0.376 e. The van der Waals surface area contributed by atoms with Gasteiger partial charge in [-0.3, -0.25) is 0 Å². The summed E-state index contributed by atoms with van der Waals surface area (Å²) in [5.74, 6) is 0. The first kappa shape index (κ1) is 11.0. The average Bonchev–Trinajstić information content (AvgIpc) is 2.64. The van der Waals surface area contributed by atoms with Crippen molar-refractivity contribution in [2.45, 2.75) is 6.92 Å². The van der Waals surface area contributed by atoms with Crippen LogP contribution in [0.1, 0.15) is 5.69 Å². The molecule has 0 aliphatic carbocycles. The number of aromatic nitrogens is 1. The highest BCUT2D eigenvalue weighted by Crippen LogP contribution is 2.25. The van der Waals surface area contributed by atoms with Crippen molar-refractivity contribution in [3.05, 3.63) is 35.3 Å². The predicted molar refractivity (Wildman–Crippen MR) is 72.7 cm³/mol. The molecule has 0 bridgehead atoms. The number of nitrogens with zero attached hydrogens (tertiary/aromatic N) is 1. The summed E-state index contributed by atoms with van der Waals surface area (Å²) in [6.07, 6.45) is 0. The van der Waals surface area contributed by atoms with Crippen LogP contribution in [0, 0.1) is 6.92 Å². The molecule has 0 spiro atoms. The molecule has 16 heavy (non-hydrogen) atoms. The Balaban J connectivity index is 2.32. The second-order valence-electron chi connectivity index (χ2n) is 3.36. The highest BCUT2D eigenvalue weighted by Gasteiger charge is 2.03. The van der Waals surface area contributed by atoms with Crippen LogP contribution in [0.2, 0.25) is 0 Å². The summed E-state index contributed by atoms with van der Waals surface area (Å²) in [6.45, 7) is 1.98. The van der Waals surface area contributed by atoms with Gasteiger partial charge in [-0.2, -0.15) is 0 Å². The maximum absolute atomic E-state index is 5.42. The van der Waals surface area contributed by atoms with E-state index < -0.39 is 0 Å². The number of thiocarbonyl (C=S) groups is 1. The smallest absolute Gasteiger partial charge is 0.168 e. The molecule has 3 nitrogen and oxygen atoms in total. The van der Waals surface area contributed by atoms with Crippen molar-refractivity contribution < 1.29 is 0 Å². The molecule has 2 aromatic rings. The number of rotatable bonds is 2. The van der Waals surface area contributed by atoms with Crippen LogP contribution in [0.25, 0.3) is 10.6 Å². The Morgan fingerprint density at radius 1 is 1.50 bits per heavy atom. The van der Waals surface area contributed by atoms with Gasteiger partial charge in [-0.05, 0) is 31.3 Å². The zero-order chi connectivity index (χ0) is 11.5. The molecule has 2 rings (SSSR count). The third kappa shape index (κ3) is 2.56. The first-order chi connectivity index (χ1) is 7.65. The number of nitrogens with one attached hydrogen (secondary N) is 1. The number of anilines is 1. The number of aryl methyl sites for hydroxylation is 1. The van der Waals surface area contributed by atoms with E-state index in [1.165, 1.54) is 0 Å². The van der Waals surface area contributed by atoms with Crippen LogP contribution in [0.15, 0.2) is 29.6 Å². The Morgan fingerprint density at radius 2 is 2.31 bits per heavy atom. The highest BCUT2D eigenvalue weighted by molar-refractivity contribution is 7.80. The van der Waals surface area contributed by atoms with E-state index in [-0.39, 0.29) is 5.11 Å². The highest BCUT2D eigenvalue weighted by atomic mass is 32.1. The Morgan fingerprint density at radius 3 is 2.94 bits per heavy atom. The molecule has 3 N–H and O–H groups in total. The van der Waals surface area contributed by atoms with Gasteiger partial charge in [-0.25, -0.2) is 4.98 Å². The summed E-state index contributed by atoms with van der Waals surface area (Å²) in [5, 5.41) is 6.21. The molecule has 0 aliphatic heterocycles. The Hall–Kier alpha value is -1.46. The van der Waals surface area contributed by atoms with Crippen molar-refractivity contribution in [3.8, 4) is 10.6 Å². The molecule has 0 atom stereocenters. The first-order valence-electron chi connectivity index (χ1n) is 4.74. The fourth-order valence-electron chi connectivity index (χ4n) is 1.36. The number of hydrogen-bond donors (Lipinski definition) is 2. The van der Waals surface area contributed by atoms with Crippen LogP contribution in [-0.2, 0) is 0 Å². The molecule has 0 fully saturated rings. The third-order valence-corrected chi connectivity index (χ3v) is 3.11. The van der Waals surface area contributed by atoms with Crippen LogP contribution in [-0.4, -0.2) is 10.1 Å². The number of thiazole rings is 1. The maximum atomic E-state index is 5.42. The predicted octanol–water partition coefficient (Wildman–Crippen LogP) is 2.77. The van der Waals surface area contributed by atoms with Gasteiger partial charge in [0, 0.05) is 22.3 Å². The molecule has 5 heteroatoms. The SMILES string of the molecule is Cc1csc(-c2cccc(NC(N)=S)c2)n1. The lowest BCUT2D eigenvalue weighted by Gasteiger charge is -2.04. The van der Waals surface area contributed by atoms with Gasteiger partial charge in [-0.15, -0.1) is 11.3 Å². The van der Waals surface area contributed by atoms with Gasteiger partial charge in [0.25, 0.3) is 0 Å². The summed E-state index contributed by atoms with van der Waals surface area (Å²) in [4.78, 5) is 4.43. The van der Waals surface area contributed by atoms with E-state index >= 15 is 0 Å². The molecule has 1 heterocycles. The fourth-order valence-corrected chi connectivity index (χ4v) is 2.27. The molecular formula is C11H11N3S2. The van der Waals surface area contributed by atoms with E-state index in [9.17, 15) is 0 Å². The van der Waals surface area contributed by atoms with E-state index in [1.54, 1.807) is 11.3 Å². The van der Waals surface area contributed by atoms with Crippen molar-refractivity contribution in [2.24, 2.45) is 5.73 Å². The van der Waals surface area contributed by atoms with Crippen LogP contribution in [0.4, 0.5) is 5.69 Å². The lowest BCUT2D eigenvalue weighted by Crippen LogP contribution is -2.18. The summed E-state index contributed by atoms with van der Waals surface area (Å²) in [5.41, 5.74) is 8.42. The monoisotopic (exact) mass is 249 g/mol. The summed E-state index contributed by atoms with van der Waals surface area (Å²) < 4.78 is 0. The van der Waals surface area contributed by atoms with Crippen LogP contribution < -0.4 is 11.1 Å². The second kappa shape index (κ2) is 4.59. The van der Waals surface area contributed by atoms with E-state index in [0.717, 1.165) is 22.0 Å². The van der Waals surface area contributed by atoms with E-state index in [0.29, 0.717) is 0 Å². The van der Waals surface area contributed by atoms with E-state index in [1.807, 2.05) is 36.6 Å². The Kier molecular flexibility index (Phi) is 3.17. The van der Waals surface area contributed by atoms with Crippen molar-refractivity contribution in [2.75, 3.05) is 5.32 Å². The van der Waals surface area contributed by atoms with Gasteiger partial charge in [0.2, 0.25) is 0 Å². The van der Waals surface area contributed by atoms with E-state index in [2.05, 4.69) is 10.3 Å². The van der Waals surface area contributed by atoms with Gasteiger partial charge >= 0.3 is 0 Å². The minimum absolute atomic E-state index is 0.271. The van der Waals surface area contributed by atoms with Crippen LogP contribution in [0.3, 0.4) is 0 Å². The maximum Gasteiger partial charge on any atom is 0.168 e. The molecule has 0 unspecified atom stereocenters. The van der Waals surface area contributed by atoms with E-state index in [4.69, 9.17) is 18.0 Å². The number of hydrogen-bond acceptors (Lipinski definition) is 3. The quantitative estimate of drug-likeness (QED) is 0.804. The van der Waals surface area contributed by atoms with Crippen molar-refractivity contribution in [1.29, 1.82) is 0 Å². The summed E-state index contributed by atoms with van der Waals surface area (Å²) >= 11 is 6.42. The van der Waals surface area contributed by atoms with Gasteiger partial charge in [0.1, 0.15) is 5.01 Å². The van der Waals surface area contributed by atoms with Crippen molar-refractivity contribution in [1.82, 2.24) is 4.98 Å². The van der Waals surface area contributed by atoms with Crippen molar-refractivity contribution >= 4 is 34.4 Å². The van der Waals surface area contributed by atoms with Gasteiger partial charge < -0.3 is 11.1 Å². The minimum atomic E-state index is 0.271. The van der Waals surface area contributed by atoms with Crippen LogP contribution >= 0.6 is 23.6 Å². The zero-order valence-electron chi connectivity index (χ0n) is 8.73. The van der Waals surface area contributed by atoms with Gasteiger partial charge in [0.05, 0.1) is 0 Å². The lowest BCUT2D eigenvalue weighted by molar-refractivity contribution is 1.27. The number of nitrogens with two attached hydrogens (primary N) is 1. The molecule has 1 aromatic carbocycles. The Bertz CT molecular complexity index is 519.